The van der Waals surface area contributed by atoms with Crippen LogP contribution in [0.3, 0.4) is 0 Å². The topological polar surface area (TPSA) is 133 Å². The molecule has 0 aliphatic heterocycles. The molecule has 8 heteroatoms. The van der Waals surface area contributed by atoms with Gasteiger partial charge in [0.25, 0.3) is 5.91 Å². The van der Waals surface area contributed by atoms with Gasteiger partial charge in [0.1, 0.15) is 6.04 Å². The molecule has 0 aromatic heterocycles. The van der Waals surface area contributed by atoms with E-state index in [4.69, 9.17) is 5.73 Å². The number of benzene rings is 2. The zero-order valence-corrected chi connectivity index (χ0v) is 19.4. The third kappa shape index (κ3) is 6.71. The Kier molecular flexibility index (Phi) is 9.27. The summed E-state index contributed by atoms with van der Waals surface area (Å²) in [5.41, 5.74) is 6.31. The van der Waals surface area contributed by atoms with E-state index in [0.717, 1.165) is 6.42 Å². The minimum Gasteiger partial charge on any atom is -0.504 e. The van der Waals surface area contributed by atoms with E-state index < -0.39 is 17.9 Å². The Hall–Kier alpha value is -3.55. The van der Waals surface area contributed by atoms with Gasteiger partial charge in [0.15, 0.2) is 11.5 Å². The molecule has 0 bridgehead atoms. The van der Waals surface area contributed by atoms with Crippen LogP contribution in [-0.2, 0) is 11.2 Å². The van der Waals surface area contributed by atoms with Crippen molar-refractivity contribution in [3.63, 3.8) is 0 Å². The minimum absolute atomic E-state index is 0.130. The Morgan fingerprint density at radius 3 is 2.33 bits per heavy atom. The quantitative estimate of drug-likeness (QED) is 0.387. The van der Waals surface area contributed by atoms with Crippen LogP contribution in [-0.4, -0.2) is 52.0 Å². The molecule has 2 rings (SSSR count). The van der Waals surface area contributed by atoms with E-state index in [2.05, 4.69) is 5.32 Å². The summed E-state index contributed by atoms with van der Waals surface area (Å²) in [5, 5.41) is 22.6. The Morgan fingerprint density at radius 1 is 1.03 bits per heavy atom. The summed E-state index contributed by atoms with van der Waals surface area (Å²) in [6, 6.07) is 10.0. The first kappa shape index (κ1) is 25.7. The van der Waals surface area contributed by atoms with Gasteiger partial charge in [-0.05, 0) is 48.6 Å². The number of hydrogen-bond acceptors (Lipinski definition) is 5. The average Bonchev–Trinajstić information content (AvgIpc) is 2.81. The zero-order valence-electron chi connectivity index (χ0n) is 19.4. The first-order chi connectivity index (χ1) is 15.7. The van der Waals surface area contributed by atoms with Crippen LogP contribution in [0.2, 0.25) is 0 Å². The van der Waals surface area contributed by atoms with E-state index in [1.165, 1.54) is 18.2 Å². The smallest absolute Gasteiger partial charge is 0.251 e. The number of nitrogens with one attached hydrogen (secondary N) is 1. The van der Waals surface area contributed by atoms with E-state index in [9.17, 15) is 24.6 Å². The van der Waals surface area contributed by atoms with Gasteiger partial charge in [0, 0.05) is 24.2 Å². The number of amides is 3. The second kappa shape index (κ2) is 11.9. The van der Waals surface area contributed by atoms with E-state index in [0.29, 0.717) is 31.5 Å². The van der Waals surface area contributed by atoms with Gasteiger partial charge in [0.05, 0.1) is 0 Å². The summed E-state index contributed by atoms with van der Waals surface area (Å²) in [6.07, 6.45) is 1.75. The number of carbonyl (C=O) groups excluding carboxylic acids is 3. The predicted octanol–water partition coefficient (Wildman–Crippen LogP) is 2.82. The van der Waals surface area contributed by atoms with Crippen LogP contribution in [0.4, 0.5) is 0 Å². The van der Waals surface area contributed by atoms with Crippen LogP contribution >= 0.6 is 0 Å². The molecule has 0 saturated carbocycles. The summed E-state index contributed by atoms with van der Waals surface area (Å²) < 4.78 is 0. The highest BCUT2D eigenvalue weighted by molar-refractivity contribution is 6.00. The molecule has 8 nitrogen and oxygen atoms in total. The summed E-state index contributed by atoms with van der Waals surface area (Å²) in [6.45, 7) is 6.61. The highest BCUT2D eigenvalue weighted by Gasteiger charge is 2.30. The largest absolute Gasteiger partial charge is 0.504 e. The molecule has 3 amide bonds. The van der Waals surface area contributed by atoms with Crippen LogP contribution in [0.15, 0.2) is 42.5 Å². The number of para-hydroxylation sites is 1. The van der Waals surface area contributed by atoms with Crippen molar-refractivity contribution in [3.05, 3.63) is 59.2 Å². The molecule has 178 valence electrons. The second-order valence-electron chi connectivity index (χ2n) is 8.14. The van der Waals surface area contributed by atoms with E-state index in [-0.39, 0.29) is 34.5 Å². The number of aromatic hydroxyl groups is 2. The molecule has 0 fully saturated rings. The lowest BCUT2D eigenvalue weighted by molar-refractivity contribution is -0.134. The highest BCUT2D eigenvalue weighted by atomic mass is 16.3. The number of carbonyl (C=O) groups is 3. The van der Waals surface area contributed by atoms with Crippen LogP contribution < -0.4 is 11.1 Å². The Labute approximate surface area is 194 Å². The molecule has 2 atom stereocenters. The SMILES string of the molecule is CCCN(CCc1cccc(O)c1O)C(=O)[C@@H](NC(=O)c1cccc(C(N)=O)c1)C(C)CC. The van der Waals surface area contributed by atoms with Crippen molar-refractivity contribution in [2.75, 3.05) is 13.1 Å². The number of primary amides is 1. The van der Waals surface area contributed by atoms with Crippen LogP contribution in [0.1, 0.15) is 59.9 Å². The van der Waals surface area contributed by atoms with Crippen LogP contribution in [0, 0.1) is 5.92 Å². The second-order valence-corrected chi connectivity index (χ2v) is 8.14. The molecule has 2 aromatic rings. The van der Waals surface area contributed by atoms with E-state index >= 15 is 0 Å². The van der Waals surface area contributed by atoms with E-state index in [1.807, 2.05) is 20.8 Å². The standard InChI is InChI=1S/C25H33N3O5/c1-4-13-28(14-12-17-8-7-11-20(29)22(17)30)25(33)21(16(3)5-2)27-24(32)19-10-6-9-18(15-19)23(26)31/h6-11,15-16,21,29-30H,4-5,12-14H2,1-3H3,(H2,26,31)(H,27,32)/t16?,21-/m0/s1. The summed E-state index contributed by atoms with van der Waals surface area (Å²) in [5.74, 6) is -1.84. The summed E-state index contributed by atoms with van der Waals surface area (Å²) >= 11 is 0. The summed E-state index contributed by atoms with van der Waals surface area (Å²) in [7, 11) is 0. The molecule has 0 aliphatic carbocycles. The lowest BCUT2D eigenvalue weighted by Crippen LogP contribution is -2.52. The van der Waals surface area contributed by atoms with Crippen molar-refractivity contribution in [2.45, 2.75) is 46.1 Å². The van der Waals surface area contributed by atoms with Crippen LogP contribution in [0.25, 0.3) is 0 Å². The fourth-order valence-corrected chi connectivity index (χ4v) is 3.56. The monoisotopic (exact) mass is 455 g/mol. The third-order valence-electron chi connectivity index (χ3n) is 5.73. The summed E-state index contributed by atoms with van der Waals surface area (Å²) in [4.78, 5) is 39.5. The van der Waals surface area contributed by atoms with Crippen molar-refractivity contribution in [1.82, 2.24) is 10.2 Å². The van der Waals surface area contributed by atoms with Gasteiger partial charge in [-0.3, -0.25) is 14.4 Å². The van der Waals surface area contributed by atoms with Gasteiger partial charge in [-0.15, -0.1) is 0 Å². The first-order valence-electron chi connectivity index (χ1n) is 11.2. The molecule has 1 unspecified atom stereocenters. The minimum atomic E-state index is -0.760. The van der Waals surface area contributed by atoms with Gasteiger partial charge in [-0.1, -0.05) is 45.4 Å². The van der Waals surface area contributed by atoms with Gasteiger partial charge in [0.2, 0.25) is 11.8 Å². The van der Waals surface area contributed by atoms with Gasteiger partial charge >= 0.3 is 0 Å². The first-order valence-corrected chi connectivity index (χ1v) is 11.2. The zero-order chi connectivity index (χ0) is 24.5. The fourth-order valence-electron chi connectivity index (χ4n) is 3.56. The van der Waals surface area contributed by atoms with Crippen LogP contribution in [0.5, 0.6) is 11.5 Å². The number of nitrogens with two attached hydrogens (primary N) is 1. The molecule has 5 N–H and O–H groups in total. The molecule has 0 radical (unpaired) electrons. The predicted molar refractivity (Wildman–Crippen MR) is 126 cm³/mol. The maximum Gasteiger partial charge on any atom is 0.251 e. The lowest BCUT2D eigenvalue weighted by atomic mass is 9.96. The number of nitrogens with zero attached hydrogens (tertiary/aromatic N) is 1. The Bertz CT molecular complexity index is 992. The Balaban J connectivity index is 2.22. The number of phenols is 2. The molecule has 33 heavy (non-hydrogen) atoms. The number of rotatable bonds is 11. The molecule has 0 saturated heterocycles. The maximum atomic E-state index is 13.5. The molecule has 0 heterocycles. The van der Waals surface area contributed by atoms with Crippen molar-refractivity contribution in [3.8, 4) is 11.5 Å². The average molecular weight is 456 g/mol. The molecule has 2 aromatic carbocycles. The van der Waals surface area contributed by atoms with E-state index in [1.54, 1.807) is 29.2 Å². The fraction of sp³-hybridized carbons (Fsp3) is 0.400. The normalized spacial score (nSPS) is 12.6. The highest BCUT2D eigenvalue weighted by Crippen LogP contribution is 2.28. The Morgan fingerprint density at radius 2 is 1.70 bits per heavy atom. The molecular weight excluding hydrogens is 422 g/mol. The van der Waals surface area contributed by atoms with Gasteiger partial charge in [-0.25, -0.2) is 0 Å². The molecular formula is C25H33N3O5. The molecule has 0 aliphatic rings. The molecule has 0 spiro atoms. The van der Waals surface area contributed by atoms with Crippen molar-refractivity contribution in [2.24, 2.45) is 11.7 Å². The number of phenolic OH excluding ortho intramolecular Hbond substituents is 2. The number of hydrogen-bond donors (Lipinski definition) is 4. The van der Waals surface area contributed by atoms with Gasteiger partial charge < -0.3 is 26.2 Å². The maximum absolute atomic E-state index is 13.5. The van der Waals surface area contributed by atoms with Crippen molar-refractivity contribution < 1.29 is 24.6 Å². The third-order valence-corrected chi connectivity index (χ3v) is 5.73. The van der Waals surface area contributed by atoms with Gasteiger partial charge in [-0.2, -0.15) is 0 Å². The van der Waals surface area contributed by atoms with Crippen molar-refractivity contribution >= 4 is 17.7 Å². The lowest BCUT2D eigenvalue weighted by Gasteiger charge is -2.31. The van der Waals surface area contributed by atoms with Crippen molar-refractivity contribution in [1.29, 1.82) is 0 Å².